The van der Waals surface area contributed by atoms with Gasteiger partial charge in [-0.2, -0.15) is 45.9 Å². The molecule has 0 saturated heterocycles. The van der Waals surface area contributed by atoms with Crippen LogP contribution in [0.5, 0.6) is 23.5 Å². The Morgan fingerprint density at radius 3 is 1.82 bits per heavy atom. The number of hydrogen-bond acceptors (Lipinski definition) is 27. The number of carbonyl (C=O) groups excluding carboxylic acids is 3. The van der Waals surface area contributed by atoms with Crippen LogP contribution in [0.4, 0.5) is 49.1 Å². The van der Waals surface area contributed by atoms with E-state index in [1.54, 1.807) is 19.4 Å². The van der Waals surface area contributed by atoms with Crippen LogP contribution >= 0.6 is 42.3 Å². The molecule has 0 aliphatic carbocycles. The number of hydrogen-bond donors (Lipinski definition) is 9. The number of sulfone groups is 1. The van der Waals surface area contributed by atoms with Crippen molar-refractivity contribution in [2.75, 3.05) is 56.3 Å². The molecule has 0 fully saturated rings. The number of alkyl halides is 4. The number of methoxy groups -OCH3 is 3. The number of sulfonamides is 2. The normalized spacial score (nSPS) is 12.2. The van der Waals surface area contributed by atoms with Gasteiger partial charge in [-0.05, 0) is 60.6 Å². The number of carbonyl (C=O) groups is 5. The second-order valence-electron chi connectivity index (χ2n) is 17.0. The molecular weight excluding hydrogens is 1410 g/mol. The summed E-state index contributed by atoms with van der Waals surface area (Å²) >= 11 is 8.17. The van der Waals surface area contributed by atoms with Crippen LogP contribution in [0, 0.1) is 5.82 Å². The van der Waals surface area contributed by atoms with E-state index in [4.69, 9.17) is 41.1 Å². The smallest absolute Gasteiger partial charge is 0.388 e. The lowest BCUT2D eigenvalue weighted by molar-refractivity contribution is -0.137. The van der Waals surface area contributed by atoms with Gasteiger partial charge >= 0.3 is 55.7 Å². The first-order valence-electron chi connectivity index (χ1n) is 25.0. The van der Waals surface area contributed by atoms with Gasteiger partial charge in [-0.1, -0.05) is 30.7 Å². The minimum atomic E-state index is -4.71. The maximum absolute atomic E-state index is 14.3. The number of nitrogens with one attached hydrogen (secondary N) is 5. The zero-order valence-electron chi connectivity index (χ0n) is 47.6. The number of pyridine rings is 1. The van der Waals surface area contributed by atoms with E-state index in [-0.39, 0.29) is 44.8 Å². The molecule has 0 bridgehead atoms. The number of esters is 1. The van der Waals surface area contributed by atoms with Crippen LogP contribution in [0.3, 0.4) is 0 Å². The highest BCUT2D eigenvalue weighted by Gasteiger charge is 2.30. The number of anilines is 2. The molecule has 7 rings (SSSR count). The highest BCUT2D eigenvalue weighted by molar-refractivity contribution is 8.00. The number of amides is 4. The van der Waals surface area contributed by atoms with Gasteiger partial charge in [-0.15, -0.1) is 11.8 Å². The summed E-state index contributed by atoms with van der Waals surface area (Å²) in [5.74, 6) is -7.04. The van der Waals surface area contributed by atoms with Crippen molar-refractivity contribution in [3.8, 4) is 23.5 Å². The molecule has 5 heterocycles. The Bertz CT molecular complexity index is 4180. The van der Waals surface area contributed by atoms with Crippen LogP contribution in [0.25, 0.3) is 0 Å². The molecule has 93 heavy (non-hydrogen) atoms. The number of ether oxygens (including phenoxy) is 5. The third-order valence-corrected chi connectivity index (χ3v) is 18.0. The molecule has 0 unspecified atom stereocenters. The van der Waals surface area contributed by atoms with Crippen LogP contribution in [-0.2, 0) is 61.9 Å². The Labute approximate surface area is 533 Å². The van der Waals surface area contributed by atoms with E-state index in [0.717, 1.165) is 66.4 Å². The topological polar surface area (TPSA) is 496 Å². The second kappa shape index (κ2) is 34.8. The third-order valence-electron chi connectivity index (χ3n) is 10.5. The Morgan fingerprint density at radius 1 is 0.774 bits per heavy atom. The van der Waals surface area contributed by atoms with Crippen molar-refractivity contribution < 1.29 is 119 Å². The molecule has 0 saturated carbocycles. The third kappa shape index (κ3) is 24.7. The standard InChI is InChI=1S/C15H15ClFN3O3S2.C14H10F4N4O7S.C14H17N5O7S2.C3H8NO5P/c1-23-13(21)8-24-12-7-11(10(17)6-9(12)16)18-14-19-4-2-3-5-20(19)15(22)25-14;15-11(16)28-8-5-9(29-12(17)18)20-13(19-8)21-14(25)22-30(26,27)7-4-2-1-3-6(7)10(23)24;1-4-27(21,22)9-6-5-7-15-12(9)28(23,24)19-14(20)18-13-16-10(25-2)8-11(17-13)26-3;5-3(6)1-4-2-10(7,8)9/h6-7H,2-5,8H2,1H3;1-5,11-12H,(H,23,24)(H2,19,20,21,22,25);5-8H,4H2,1-3H3,(H2,16,17,18,19,20);4H,1-2H2,(H,5,6)(H2,7,8,9). The maximum Gasteiger partial charge on any atom is 0.388 e. The average molecular weight is 1460 g/mol. The molecule has 9 N–H and O–H groups in total. The molecule has 0 atom stereocenters. The number of nitrogens with zero attached hydrogens (tertiary/aromatic N) is 8. The average Bonchev–Trinajstić information content (AvgIpc) is 1.72. The number of aromatic nitrogens is 7. The van der Waals surface area contributed by atoms with Crippen LogP contribution < -0.4 is 54.0 Å². The molecule has 4 aromatic heterocycles. The number of fused-ring (bicyclic) bond motifs is 1. The molecule has 1 aliphatic rings. The zero-order chi connectivity index (χ0) is 69.6. The minimum Gasteiger partial charge on any atom is -0.481 e. The van der Waals surface area contributed by atoms with Gasteiger partial charge in [0.25, 0.3) is 20.0 Å². The van der Waals surface area contributed by atoms with Crippen molar-refractivity contribution >= 4 is 120 Å². The van der Waals surface area contributed by atoms with Crippen molar-refractivity contribution in [2.45, 2.75) is 65.8 Å². The summed E-state index contributed by atoms with van der Waals surface area (Å²) in [7, 11) is -13.4. The van der Waals surface area contributed by atoms with Gasteiger partial charge in [0.05, 0.1) is 68.4 Å². The first-order valence-corrected chi connectivity index (χ1v) is 33.6. The van der Waals surface area contributed by atoms with E-state index in [2.05, 4.69) is 54.8 Å². The van der Waals surface area contributed by atoms with E-state index in [0.29, 0.717) is 28.9 Å². The van der Waals surface area contributed by atoms with Crippen LogP contribution in [0.1, 0.15) is 30.1 Å². The van der Waals surface area contributed by atoms with Gasteiger partial charge in [0.15, 0.2) is 14.9 Å². The van der Waals surface area contributed by atoms with Crippen LogP contribution in [-0.4, -0.2) is 168 Å². The molecule has 35 nitrogen and oxygen atoms in total. The SMILES string of the molecule is CCS(=O)(=O)c1cccnc1S(=O)(=O)NC(=O)Nc1nc(OC)cc(OC)n1.COC(=O)CSc1cc(N=c2sc(=O)n3n2CCCC3)c(F)cc1Cl.O=C(Nc1nc(OC(F)F)cc(OC(F)F)n1)NS(=O)(=O)c1ccccc1C(=O)O.O=C(O)CNCP(=O)(O)O. The molecule has 1 aliphatic heterocycles. The number of rotatable bonds is 23. The number of carboxylic acids is 2. The number of benzene rings is 2. The Kier molecular flexibility index (Phi) is 28.7. The Balaban J connectivity index is 0.000000277. The van der Waals surface area contributed by atoms with E-state index < -0.39 is 137 Å². The summed E-state index contributed by atoms with van der Waals surface area (Å²) in [5.41, 5.74) is -0.562. The fourth-order valence-electron chi connectivity index (χ4n) is 6.62. The first kappa shape index (κ1) is 76.8. The molecule has 4 amide bonds. The molecule has 2 aromatic carbocycles. The Morgan fingerprint density at radius 2 is 1.30 bits per heavy atom. The lowest BCUT2D eigenvalue weighted by Gasteiger charge is -2.15. The van der Waals surface area contributed by atoms with Gasteiger partial charge in [-0.3, -0.25) is 39.6 Å². The van der Waals surface area contributed by atoms with Crippen LogP contribution in [0.2, 0.25) is 5.02 Å². The highest BCUT2D eigenvalue weighted by Crippen LogP contribution is 2.34. The largest absolute Gasteiger partial charge is 0.481 e. The van der Waals surface area contributed by atoms with Gasteiger partial charge in [0, 0.05) is 24.2 Å². The second-order valence-corrected chi connectivity index (χ2v) is 26.5. The Hall–Kier alpha value is -8.69. The van der Waals surface area contributed by atoms with Crippen molar-refractivity contribution in [3.05, 3.63) is 97.7 Å². The number of carboxylic acid groups (broad SMARTS) is 2. The number of urea groups is 2. The summed E-state index contributed by atoms with van der Waals surface area (Å²) < 4.78 is 176. The number of halogens is 6. The van der Waals surface area contributed by atoms with Crippen molar-refractivity contribution in [3.63, 3.8) is 0 Å². The zero-order valence-corrected chi connectivity index (χ0v) is 53.4. The van der Waals surface area contributed by atoms with Crippen molar-refractivity contribution in [2.24, 2.45) is 4.99 Å². The first-order chi connectivity index (χ1) is 43.5. The van der Waals surface area contributed by atoms with E-state index in [9.17, 15) is 80.5 Å². The van der Waals surface area contributed by atoms with E-state index in [1.807, 2.05) is 0 Å². The van der Waals surface area contributed by atoms with Crippen molar-refractivity contribution in [1.82, 2.24) is 49.0 Å². The molecular formula is C46H50ClF5N13O22PS5. The maximum atomic E-state index is 14.3. The fraction of sp³-hybridized carbons (Fsp3) is 0.304. The monoisotopic (exact) mass is 1460 g/mol. The summed E-state index contributed by atoms with van der Waals surface area (Å²) in [4.78, 5) is 106. The lowest BCUT2D eigenvalue weighted by Crippen LogP contribution is -2.36. The molecule has 508 valence electrons. The predicted octanol–water partition coefficient (Wildman–Crippen LogP) is 3.67. The van der Waals surface area contributed by atoms with Gasteiger partial charge in [0.2, 0.25) is 40.2 Å². The number of aromatic carboxylic acids is 1. The fourth-order valence-corrected chi connectivity index (χ4v) is 12.7. The number of thioether (sulfide) groups is 1. The number of aliphatic carboxylic acids is 1. The van der Waals surface area contributed by atoms with Crippen molar-refractivity contribution in [1.29, 1.82) is 0 Å². The lowest BCUT2D eigenvalue weighted by atomic mass is 10.2. The highest BCUT2D eigenvalue weighted by atomic mass is 35.5. The van der Waals surface area contributed by atoms with Crippen LogP contribution in [0.15, 0.2) is 96.4 Å². The van der Waals surface area contributed by atoms with E-state index >= 15 is 0 Å². The summed E-state index contributed by atoms with van der Waals surface area (Å²) in [5, 5.41) is 22.3. The van der Waals surface area contributed by atoms with Gasteiger partial charge in [0.1, 0.15) is 21.3 Å². The minimum absolute atomic E-state index is 0.0605. The summed E-state index contributed by atoms with van der Waals surface area (Å²) in [6, 6.07) is 8.34. The molecule has 0 radical (unpaired) electrons. The van der Waals surface area contributed by atoms with Gasteiger partial charge < -0.3 is 43.7 Å². The molecule has 6 aromatic rings. The van der Waals surface area contributed by atoms with Gasteiger partial charge in [-0.25, -0.2) is 59.7 Å². The van der Waals surface area contributed by atoms with E-state index in [1.165, 1.54) is 63.3 Å². The quantitative estimate of drug-likeness (QED) is 0.0191. The molecule has 47 heteroatoms. The molecule has 0 spiro atoms. The summed E-state index contributed by atoms with van der Waals surface area (Å²) in [6.07, 6.45) is 2.39. The predicted molar refractivity (Wildman–Crippen MR) is 312 cm³/mol. The summed E-state index contributed by atoms with van der Waals surface area (Å²) in [6.45, 7) is -4.58.